The molecule has 0 amide bonds. The van der Waals surface area contributed by atoms with E-state index >= 15 is 0 Å². The van der Waals surface area contributed by atoms with Gasteiger partial charge in [0.1, 0.15) is 0 Å². The summed E-state index contributed by atoms with van der Waals surface area (Å²) in [6.45, 7) is 11.7. The van der Waals surface area contributed by atoms with E-state index in [1.165, 1.54) is 5.47 Å². The third-order valence-electron chi connectivity index (χ3n) is 4.46. The fourth-order valence-electron chi connectivity index (χ4n) is 2.22. The van der Waals surface area contributed by atoms with E-state index in [2.05, 4.69) is 52.6 Å². The molecule has 104 valence electrons. The summed E-state index contributed by atoms with van der Waals surface area (Å²) in [6.07, 6.45) is 3.32. The quantitative estimate of drug-likeness (QED) is 0.686. The van der Waals surface area contributed by atoms with E-state index in [9.17, 15) is 0 Å². The van der Waals surface area contributed by atoms with Crippen molar-refractivity contribution in [2.75, 3.05) is 13.6 Å². The molecule has 0 spiro atoms. The van der Waals surface area contributed by atoms with E-state index in [1.807, 2.05) is 0 Å². The first-order chi connectivity index (χ1) is 7.73. The Hall–Kier alpha value is -0.0251. The molecule has 0 bridgehead atoms. The summed E-state index contributed by atoms with van der Waals surface area (Å²) in [5.74, 6) is 0. The van der Waals surface area contributed by atoms with Crippen LogP contribution in [0.3, 0.4) is 0 Å². The van der Waals surface area contributed by atoms with Crippen molar-refractivity contribution in [2.45, 2.75) is 58.3 Å². The van der Waals surface area contributed by atoms with Crippen LogP contribution in [-0.2, 0) is 9.31 Å². The molecule has 2 rings (SSSR count). The van der Waals surface area contributed by atoms with Gasteiger partial charge < -0.3 is 9.31 Å². The average molecular weight is 274 g/mol. The minimum atomic E-state index is -0.231. The Bertz CT molecular complexity index is 328. The summed E-state index contributed by atoms with van der Waals surface area (Å²) >= 11 is 0. The third kappa shape index (κ3) is 2.77. The lowest BCUT2D eigenvalue weighted by Gasteiger charge is -2.32. The largest absolute Gasteiger partial charge is 0.490 e. The Labute approximate surface area is 117 Å². The highest BCUT2D eigenvalue weighted by molar-refractivity contribution is 6.54. The molecule has 1 saturated heterocycles. The van der Waals surface area contributed by atoms with Crippen molar-refractivity contribution < 1.29 is 9.31 Å². The van der Waals surface area contributed by atoms with Gasteiger partial charge >= 0.3 is 7.12 Å². The molecular weight excluding hydrogens is 248 g/mol. The molecule has 3 nitrogen and oxygen atoms in total. The number of nitrogens with zero attached hydrogens (tertiary/aromatic N) is 1. The molecule has 0 aromatic rings. The van der Waals surface area contributed by atoms with Gasteiger partial charge in [-0.3, -0.25) is 4.90 Å². The minimum absolute atomic E-state index is 0. The molecule has 0 unspecified atom stereocenters. The zero-order chi connectivity index (χ0) is 12.8. The summed E-state index contributed by atoms with van der Waals surface area (Å²) in [5.41, 5.74) is 0.838. The monoisotopic (exact) mass is 273 g/mol. The van der Waals surface area contributed by atoms with Gasteiger partial charge in [0, 0.05) is 12.6 Å². The van der Waals surface area contributed by atoms with Gasteiger partial charge in [-0.15, -0.1) is 12.4 Å². The normalized spacial score (nSPS) is 30.9. The number of halogens is 1. The third-order valence-corrected chi connectivity index (χ3v) is 4.46. The van der Waals surface area contributed by atoms with Crippen LogP contribution in [0, 0.1) is 0 Å². The van der Waals surface area contributed by atoms with Gasteiger partial charge in [-0.2, -0.15) is 0 Å². The van der Waals surface area contributed by atoms with E-state index < -0.39 is 0 Å². The molecule has 0 saturated carbocycles. The Morgan fingerprint density at radius 2 is 1.72 bits per heavy atom. The Morgan fingerprint density at radius 3 is 2.17 bits per heavy atom. The Kier molecular flexibility index (Phi) is 4.60. The highest BCUT2D eigenvalue weighted by Crippen LogP contribution is 2.39. The van der Waals surface area contributed by atoms with E-state index in [0.717, 1.165) is 13.0 Å². The van der Waals surface area contributed by atoms with Crippen molar-refractivity contribution in [3.63, 3.8) is 0 Å². The van der Waals surface area contributed by atoms with E-state index in [4.69, 9.17) is 9.31 Å². The zero-order valence-corrected chi connectivity index (χ0v) is 13.1. The van der Waals surface area contributed by atoms with Crippen molar-refractivity contribution in [3.8, 4) is 0 Å². The molecule has 1 fully saturated rings. The molecule has 2 aliphatic rings. The number of hydrogen-bond donors (Lipinski definition) is 0. The van der Waals surface area contributed by atoms with E-state index in [1.54, 1.807) is 0 Å². The molecule has 18 heavy (non-hydrogen) atoms. The number of rotatable bonds is 1. The molecule has 0 aliphatic carbocycles. The lowest BCUT2D eigenvalue weighted by Crippen LogP contribution is -2.41. The summed E-state index contributed by atoms with van der Waals surface area (Å²) in [7, 11) is 2.00. The van der Waals surface area contributed by atoms with Crippen molar-refractivity contribution in [1.29, 1.82) is 0 Å². The number of hydrogen-bond acceptors (Lipinski definition) is 3. The van der Waals surface area contributed by atoms with E-state index in [0.29, 0.717) is 6.04 Å². The minimum Gasteiger partial charge on any atom is -0.400 e. The zero-order valence-electron chi connectivity index (χ0n) is 12.3. The topological polar surface area (TPSA) is 21.7 Å². The van der Waals surface area contributed by atoms with Crippen molar-refractivity contribution in [3.05, 3.63) is 11.5 Å². The van der Waals surface area contributed by atoms with Crippen LogP contribution in [0.5, 0.6) is 0 Å². The molecule has 5 heteroatoms. The van der Waals surface area contributed by atoms with Crippen LogP contribution < -0.4 is 0 Å². The molecule has 0 radical (unpaired) electrons. The lowest BCUT2D eigenvalue weighted by atomic mass is 9.74. The maximum absolute atomic E-state index is 6.08. The van der Waals surface area contributed by atoms with Crippen LogP contribution >= 0.6 is 12.4 Å². The molecular formula is C13H25BClNO2. The van der Waals surface area contributed by atoms with Gasteiger partial charge in [0.05, 0.1) is 11.2 Å². The fourth-order valence-corrected chi connectivity index (χ4v) is 2.22. The lowest BCUT2D eigenvalue weighted by molar-refractivity contribution is 0.00578. The second-order valence-electron chi connectivity index (χ2n) is 6.30. The van der Waals surface area contributed by atoms with Crippen LogP contribution in [0.2, 0.25) is 0 Å². The highest BCUT2D eigenvalue weighted by Gasteiger charge is 2.52. The second kappa shape index (κ2) is 5.16. The maximum Gasteiger partial charge on any atom is 0.490 e. The molecule has 1 atom stereocenters. The first-order valence-corrected chi connectivity index (χ1v) is 6.49. The van der Waals surface area contributed by atoms with Crippen LogP contribution in [0.4, 0.5) is 0 Å². The Morgan fingerprint density at radius 1 is 1.22 bits per heavy atom. The molecule has 0 aromatic heterocycles. The van der Waals surface area contributed by atoms with Crippen molar-refractivity contribution in [1.82, 2.24) is 4.90 Å². The Balaban J connectivity index is 0.00000162. The van der Waals surface area contributed by atoms with Gasteiger partial charge in [-0.25, -0.2) is 0 Å². The average Bonchev–Trinajstić information content (AvgIpc) is 2.41. The van der Waals surface area contributed by atoms with E-state index in [-0.39, 0.29) is 30.7 Å². The molecule has 0 N–H and O–H groups in total. The molecule has 2 heterocycles. The first kappa shape index (κ1) is 16.0. The predicted molar refractivity (Wildman–Crippen MR) is 78.1 cm³/mol. The van der Waals surface area contributed by atoms with Gasteiger partial charge in [0.2, 0.25) is 0 Å². The second-order valence-corrected chi connectivity index (χ2v) is 6.30. The summed E-state index contributed by atoms with van der Waals surface area (Å²) in [5, 5.41) is 0. The fraction of sp³-hybridized carbons (Fsp3) is 0.846. The van der Waals surface area contributed by atoms with Crippen LogP contribution in [0.25, 0.3) is 0 Å². The van der Waals surface area contributed by atoms with Crippen molar-refractivity contribution in [2.24, 2.45) is 0 Å². The van der Waals surface area contributed by atoms with Crippen LogP contribution in [0.1, 0.15) is 41.0 Å². The first-order valence-electron chi connectivity index (χ1n) is 6.49. The van der Waals surface area contributed by atoms with Gasteiger partial charge in [-0.05, 0) is 53.6 Å². The number of likely N-dealkylation sites (N-methyl/N-ethyl adjacent to an activating group) is 1. The predicted octanol–water partition coefficient (Wildman–Crippen LogP) is 2.69. The van der Waals surface area contributed by atoms with Crippen molar-refractivity contribution >= 4 is 19.5 Å². The molecule has 0 aromatic carbocycles. The van der Waals surface area contributed by atoms with Gasteiger partial charge in [-0.1, -0.05) is 6.08 Å². The smallest absolute Gasteiger partial charge is 0.400 e. The summed E-state index contributed by atoms with van der Waals surface area (Å²) in [6, 6.07) is 0.470. The van der Waals surface area contributed by atoms with Crippen LogP contribution in [0.15, 0.2) is 11.5 Å². The SMILES string of the molecule is C[C@H]1C=C(B2OC(C)(C)C(C)(C)O2)CCN1C.Cl. The van der Waals surface area contributed by atoms with Crippen LogP contribution in [-0.4, -0.2) is 42.9 Å². The standard InChI is InChI=1S/C13H24BNO2.ClH/c1-10-9-11(7-8-15(10)6)14-16-12(2,3)13(4,5)17-14;/h9-10H,7-8H2,1-6H3;1H/t10-;/m0./s1. The van der Waals surface area contributed by atoms with Gasteiger partial charge in [0.25, 0.3) is 0 Å². The maximum atomic E-state index is 6.08. The summed E-state index contributed by atoms with van der Waals surface area (Å²) in [4.78, 5) is 2.34. The summed E-state index contributed by atoms with van der Waals surface area (Å²) < 4.78 is 12.2. The van der Waals surface area contributed by atoms with Gasteiger partial charge in [0.15, 0.2) is 0 Å². The highest BCUT2D eigenvalue weighted by atomic mass is 35.5. The molecule has 2 aliphatic heterocycles.